The van der Waals surface area contributed by atoms with E-state index in [0.717, 1.165) is 55.9 Å². The van der Waals surface area contributed by atoms with Crippen LogP contribution in [0.2, 0.25) is 0 Å². The molecule has 7 aromatic carbocycles. The average molecular weight is 1070 g/mol. The maximum Gasteiger partial charge on any atom is 0.135 e. The van der Waals surface area contributed by atoms with Crippen LogP contribution in [-0.2, 0) is 42.7 Å². The summed E-state index contributed by atoms with van der Waals surface area (Å²) in [6, 6.07) is 66.1. The fourth-order valence-corrected chi connectivity index (χ4v) is 9.48. The van der Waals surface area contributed by atoms with Gasteiger partial charge in [0.1, 0.15) is 5.82 Å². The van der Waals surface area contributed by atoms with Crippen LogP contribution in [0.5, 0.6) is 11.5 Å². The van der Waals surface area contributed by atoms with E-state index in [4.69, 9.17) is 9.72 Å². The fourth-order valence-electron chi connectivity index (χ4n) is 9.48. The van der Waals surface area contributed by atoms with Crippen LogP contribution in [0.15, 0.2) is 170 Å². The molecule has 1 aliphatic heterocycles. The van der Waals surface area contributed by atoms with Crippen LogP contribution in [0.1, 0.15) is 103 Å². The van der Waals surface area contributed by atoms with Gasteiger partial charge < -0.3 is 19.1 Å². The second-order valence-corrected chi connectivity index (χ2v) is 21.2. The molecule has 0 fully saturated rings. The summed E-state index contributed by atoms with van der Waals surface area (Å²) in [5.41, 5.74) is 12.8. The summed E-state index contributed by atoms with van der Waals surface area (Å²) in [6.07, 6.45) is 1.94. The molecule has 0 unspecified atom stereocenters. The molecule has 0 saturated carbocycles. The van der Waals surface area contributed by atoms with E-state index in [9.17, 15) is 0 Å². The molecular weight excluding hydrogens is 1010 g/mol. The molecular formula is C62H59N4OPt-3. The number of aromatic nitrogens is 2. The zero-order valence-electron chi connectivity index (χ0n) is 40.8. The summed E-state index contributed by atoms with van der Waals surface area (Å²) in [5, 5.41) is 2.22. The van der Waals surface area contributed by atoms with E-state index < -0.39 is 0 Å². The number of ether oxygens (including phenoxy) is 1. The normalized spacial score (nSPS) is 13.2. The molecule has 3 heterocycles. The molecule has 0 radical (unpaired) electrons. The number of para-hydroxylation sites is 2. The second-order valence-electron chi connectivity index (χ2n) is 21.2. The van der Waals surface area contributed by atoms with Crippen molar-refractivity contribution >= 4 is 44.6 Å². The number of pyridine rings is 1. The molecule has 2 aromatic heterocycles. The van der Waals surface area contributed by atoms with Crippen molar-refractivity contribution in [1.29, 1.82) is 0 Å². The number of hydrogen-bond donors (Lipinski definition) is 0. The molecule has 6 heteroatoms. The van der Waals surface area contributed by atoms with Crippen LogP contribution in [0.3, 0.4) is 0 Å². The molecule has 0 saturated heterocycles. The van der Waals surface area contributed by atoms with Gasteiger partial charge in [-0.15, -0.1) is 53.6 Å². The van der Waals surface area contributed by atoms with Gasteiger partial charge in [0.15, 0.2) is 0 Å². The summed E-state index contributed by atoms with van der Waals surface area (Å²) in [5.74, 6) is 2.03. The van der Waals surface area contributed by atoms with Crippen molar-refractivity contribution in [2.24, 2.45) is 0 Å². The maximum absolute atomic E-state index is 7.01. The number of fused-ring (bicyclic) bond motifs is 4. The summed E-state index contributed by atoms with van der Waals surface area (Å²) < 4.78 is 9.28. The van der Waals surface area contributed by atoms with Gasteiger partial charge >= 0.3 is 0 Å². The first-order valence-electron chi connectivity index (χ1n) is 23.4. The number of anilines is 4. The van der Waals surface area contributed by atoms with Crippen LogP contribution in [-0.4, -0.2) is 9.55 Å². The quantitative estimate of drug-likeness (QED) is 0.135. The molecule has 0 N–H and O–H groups in total. The largest absolute Gasteiger partial charge is 0.509 e. The van der Waals surface area contributed by atoms with E-state index in [0.29, 0.717) is 11.5 Å². The average Bonchev–Trinajstić information content (AvgIpc) is 3.87. The van der Waals surface area contributed by atoms with Crippen LogP contribution in [0.4, 0.5) is 22.7 Å². The van der Waals surface area contributed by atoms with Crippen molar-refractivity contribution in [3.63, 3.8) is 0 Å². The van der Waals surface area contributed by atoms with Crippen LogP contribution in [0.25, 0.3) is 27.6 Å². The van der Waals surface area contributed by atoms with Crippen LogP contribution >= 0.6 is 0 Å². The number of nitrogens with zero attached hydrogens (tertiary/aromatic N) is 4. The minimum atomic E-state index is -0.363. The summed E-state index contributed by atoms with van der Waals surface area (Å²) >= 11 is 0. The Morgan fingerprint density at radius 2 is 1.06 bits per heavy atom. The van der Waals surface area contributed by atoms with Crippen molar-refractivity contribution in [2.75, 3.05) is 9.80 Å². The van der Waals surface area contributed by atoms with Gasteiger partial charge in [-0.25, -0.2) is 4.98 Å². The molecule has 5 nitrogen and oxygen atoms in total. The SMILES string of the molecule is CC(C)(C)c1cccc(N2[CH-]N(c3[c-]c(Oc4[c-]c5c(cc4)c4ccc(C(C)(C)C)cc4n5-c4cc(C(C)(C)c5ccccc5)ccn4)cc(C(C)(C)c4ccccc4)c3)c3ccccc32)c1.[Pt]. The predicted octanol–water partition coefficient (Wildman–Crippen LogP) is 16.2. The number of benzene rings is 7. The van der Waals surface area contributed by atoms with Gasteiger partial charge in [0.2, 0.25) is 0 Å². The van der Waals surface area contributed by atoms with Crippen molar-refractivity contribution in [3.8, 4) is 17.3 Å². The summed E-state index contributed by atoms with van der Waals surface area (Å²) in [6.45, 7) is 24.9. The van der Waals surface area contributed by atoms with E-state index in [1.54, 1.807) is 0 Å². The third-order valence-electron chi connectivity index (χ3n) is 13.9. The zero-order chi connectivity index (χ0) is 46.9. The van der Waals surface area contributed by atoms with Crippen molar-refractivity contribution in [3.05, 3.63) is 222 Å². The number of rotatable bonds is 9. The van der Waals surface area contributed by atoms with E-state index in [1.807, 2.05) is 12.3 Å². The molecule has 9 aromatic rings. The van der Waals surface area contributed by atoms with E-state index in [-0.39, 0.29) is 42.7 Å². The molecule has 0 bridgehead atoms. The molecule has 0 amide bonds. The molecule has 0 atom stereocenters. The standard InChI is InChI=1S/C62H59N4O.Pt/c1-59(2,3)44-24-19-25-48(34-44)64-41-65(55-27-18-17-26-54(55)64)49-35-47(62(9,10)43-22-15-12-16-23-43)36-51(39-49)67-50-29-31-53-52-30-28-45(60(4,5)6)37-56(52)66(57(53)40-50)58-38-46(32-33-63-58)61(7,8)42-20-13-11-14-21-42;/h11-38,41H,1-10H3;/q-3;. The molecule has 0 spiro atoms. The first kappa shape index (κ1) is 46.7. The van der Waals surface area contributed by atoms with Gasteiger partial charge in [0, 0.05) is 66.8 Å². The number of hydrogen-bond acceptors (Lipinski definition) is 4. The minimum Gasteiger partial charge on any atom is -0.509 e. The molecule has 10 rings (SSSR count). The van der Waals surface area contributed by atoms with Gasteiger partial charge in [-0.1, -0.05) is 172 Å². The minimum absolute atomic E-state index is 0. The van der Waals surface area contributed by atoms with Crippen molar-refractivity contribution < 1.29 is 25.8 Å². The Morgan fingerprint density at radius 3 is 1.72 bits per heavy atom. The van der Waals surface area contributed by atoms with E-state index in [1.165, 1.54) is 27.8 Å². The van der Waals surface area contributed by atoms with Crippen molar-refractivity contribution in [2.45, 2.75) is 90.9 Å². The second kappa shape index (κ2) is 17.6. The molecule has 1 aliphatic rings. The Morgan fingerprint density at radius 1 is 0.471 bits per heavy atom. The van der Waals surface area contributed by atoms with Gasteiger partial charge in [-0.2, -0.15) is 6.07 Å². The summed E-state index contributed by atoms with van der Waals surface area (Å²) in [4.78, 5) is 9.59. The third-order valence-corrected chi connectivity index (χ3v) is 13.9. The first-order valence-corrected chi connectivity index (χ1v) is 23.4. The van der Waals surface area contributed by atoms with Crippen molar-refractivity contribution in [1.82, 2.24) is 9.55 Å². The topological polar surface area (TPSA) is 33.5 Å². The van der Waals surface area contributed by atoms with Gasteiger partial charge in [0.05, 0.1) is 0 Å². The molecule has 346 valence electrons. The summed E-state index contributed by atoms with van der Waals surface area (Å²) in [7, 11) is 0. The first-order chi connectivity index (χ1) is 32.0. The fraction of sp³-hybridized carbons (Fsp3) is 0.226. The van der Waals surface area contributed by atoms with E-state index in [2.05, 4.69) is 260 Å². The smallest absolute Gasteiger partial charge is 0.135 e. The Balaban J connectivity index is 0.00000578. The molecule has 68 heavy (non-hydrogen) atoms. The molecule has 0 aliphatic carbocycles. The van der Waals surface area contributed by atoms with Gasteiger partial charge in [0.25, 0.3) is 0 Å². The Bertz CT molecular complexity index is 3280. The Hall–Kier alpha value is -6.42. The van der Waals surface area contributed by atoms with Gasteiger partial charge in [-0.05, 0) is 91.9 Å². The van der Waals surface area contributed by atoms with E-state index >= 15 is 0 Å². The Labute approximate surface area is 417 Å². The third kappa shape index (κ3) is 8.56. The van der Waals surface area contributed by atoms with Gasteiger partial charge in [-0.3, -0.25) is 0 Å². The predicted molar refractivity (Wildman–Crippen MR) is 279 cm³/mol. The maximum atomic E-state index is 7.01. The Kier molecular flexibility index (Phi) is 12.1. The van der Waals surface area contributed by atoms with Crippen LogP contribution < -0.4 is 14.5 Å². The zero-order valence-corrected chi connectivity index (χ0v) is 43.0. The van der Waals surface area contributed by atoms with Crippen LogP contribution in [0, 0.1) is 18.8 Å². The monoisotopic (exact) mass is 1070 g/mol.